The maximum atomic E-state index is 13.3. The fourth-order valence-corrected chi connectivity index (χ4v) is 3.67. The number of halogens is 1. The number of aryl methyl sites for hydroxylation is 1. The van der Waals surface area contributed by atoms with Crippen LogP contribution in [-0.2, 0) is 10.0 Å². The van der Waals surface area contributed by atoms with E-state index in [2.05, 4.69) is 9.71 Å². The van der Waals surface area contributed by atoms with Crippen molar-refractivity contribution in [3.63, 3.8) is 0 Å². The zero-order valence-electron chi connectivity index (χ0n) is 10.9. The number of hydrogen-bond donors (Lipinski definition) is 2. The van der Waals surface area contributed by atoms with Crippen LogP contribution >= 0.6 is 11.3 Å². The van der Waals surface area contributed by atoms with Gasteiger partial charge in [0.25, 0.3) is 0 Å². The van der Waals surface area contributed by atoms with Gasteiger partial charge in [0, 0.05) is 11.1 Å². The zero-order chi connectivity index (χ0) is 14.9. The van der Waals surface area contributed by atoms with E-state index in [4.69, 9.17) is 5.73 Å². The summed E-state index contributed by atoms with van der Waals surface area (Å²) < 4.78 is 40.1. The molecule has 2 rings (SSSR count). The molecule has 0 saturated carbocycles. The van der Waals surface area contributed by atoms with Gasteiger partial charge in [-0.15, -0.1) is 11.3 Å². The van der Waals surface area contributed by atoms with Crippen LogP contribution in [0.25, 0.3) is 0 Å². The smallest absolute Gasteiger partial charge is 0.241 e. The number of aromatic nitrogens is 1. The number of nitrogen functional groups attached to an aromatic ring is 1. The quantitative estimate of drug-likeness (QED) is 0.847. The highest BCUT2D eigenvalue weighted by atomic mass is 32.2. The van der Waals surface area contributed by atoms with Gasteiger partial charge < -0.3 is 5.73 Å². The van der Waals surface area contributed by atoms with Gasteiger partial charge in [-0.3, -0.25) is 0 Å². The first-order valence-corrected chi connectivity index (χ1v) is 8.09. The van der Waals surface area contributed by atoms with Crippen LogP contribution in [-0.4, -0.2) is 13.4 Å². The Morgan fingerprint density at radius 1 is 1.45 bits per heavy atom. The van der Waals surface area contributed by atoms with Gasteiger partial charge in [-0.05, 0) is 32.0 Å². The number of sulfonamides is 1. The van der Waals surface area contributed by atoms with Gasteiger partial charge in [0.2, 0.25) is 10.0 Å². The van der Waals surface area contributed by atoms with Crippen LogP contribution in [0, 0.1) is 12.7 Å². The topological polar surface area (TPSA) is 85.1 Å². The van der Waals surface area contributed by atoms with Crippen molar-refractivity contribution in [1.29, 1.82) is 0 Å². The molecule has 108 valence electrons. The maximum Gasteiger partial charge on any atom is 0.241 e. The van der Waals surface area contributed by atoms with Crippen molar-refractivity contribution in [2.45, 2.75) is 24.8 Å². The highest BCUT2D eigenvalue weighted by molar-refractivity contribution is 7.89. The largest absolute Gasteiger partial charge is 0.396 e. The molecule has 2 aromatic rings. The van der Waals surface area contributed by atoms with E-state index in [-0.39, 0.29) is 10.6 Å². The molecule has 1 heterocycles. The fraction of sp³-hybridized carbons (Fsp3) is 0.250. The van der Waals surface area contributed by atoms with Crippen molar-refractivity contribution in [2.24, 2.45) is 0 Å². The maximum absolute atomic E-state index is 13.3. The van der Waals surface area contributed by atoms with E-state index in [1.54, 1.807) is 13.1 Å². The molecule has 0 aliphatic heterocycles. The van der Waals surface area contributed by atoms with E-state index < -0.39 is 21.9 Å². The molecule has 1 atom stereocenters. The highest BCUT2D eigenvalue weighted by Gasteiger charge is 2.21. The average molecular weight is 315 g/mol. The predicted octanol–water partition coefficient (Wildman–Crippen LogP) is 2.21. The number of nitrogens with one attached hydrogen (secondary N) is 1. The summed E-state index contributed by atoms with van der Waals surface area (Å²) in [4.78, 5) is 4.95. The normalized spacial score (nSPS) is 13.3. The van der Waals surface area contributed by atoms with Crippen molar-refractivity contribution in [2.75, 3.05) is 5.73 Å². The minimum Gasteiger partial charge on any atom is -0.396 e. The second kappa shape index (κ2) is 5.47. The van der Waals surface area contributed by atoms with Crippen LogP contribution < -0.4 is 10.5 Å². The Morgan fingerprint density at radius 2 is 2.15 bits per heavy atom. The van der Waals surface area contributed by atoms with E-state index in [1.165, 1.54) is 23.5 Å². The SMILES string of the molecule is Cc1cnc(C(C)NS(=O)(=O)c2ccc(N)c(F)c2)s1. The Labute approximate surface area is 120 Å². The van der Waals surface area contributed by atoms with Crippen LogP contribution in [0.4, 0.5) is 10.1 Å². The third-order valence-electron chi connectivity index (χ3n) is 2.62. The minimum atomic E-state index is -3.82. The summed E-state index contributed by atoms with van der Waals surface area (Å²) in [5, 5.41) is 0.655. The number of anilines is 1. The summed E-state index contributed by atoms with van der Waals surface area (Å²) in [5.41, 5.74) is 5.24. The summed E-state index contributed by atoms with van der Waals surface area (Å²) in [5.74, 6) is -0.759. The lowest BCUT2D eigenvalue weighted by Gasteiger charge is -2.12. The van der Waals surface area contributed by atoms with E-state index in [0.717, 1.165) is 10.9 Å². The van der Waals surface area contributed by atoms with Gasteiger partial charge in [-0.25, -0.2) is 22.5 Å². The van der Waals surface area contributed by atoms with Gasteiger partial charge in [0.1, 0.15) is 10.8 Å². The molecule has 0 fully saturated rings. The third kappa shape index (κ3) is 3.14. The van der Waals surface area contributed by atoms with E-state index >= 15 is 0 Å². The number of nitrogens with zero attached hydrogens (tertiary/aromatic N) is 1. The van der Waals surface area contributed by atoms with E-state index in [9.17, 15) is 12.8 Å². The van der Waals surface area contributed by atoms with Crippen LogP contribution in [0.15, 0.2) is 29.3 Å². The molecule has 0 bridgehead atoms. The van der Waals surface area contributed by atoms with Crippen molar-refractivity contribution >= 4 is 27.0 Å². The molecule has 1 unspecified atom stereocenters. The van der Waals surface area contributed by atoms with Crippen LogP contribution in [0.5, 0.6) is 0 Å². The first kappa shape index (κ1) is 14.9. The molecule has 0 saturated heterocycles. The summed E-state index contributed by atoms with van der Waals surface area (Å²) >= 11 is 1.41. The first-order valence-electron chi connectivity index (χ1n) is 5.79. The van der Waals surface area contributed by atoms with Gasteiger partial charge in [0.05, 0.1) is 16.6 Å². The van der Waals surface area contributed by atoms with Crippen molar-refractivity contribution in [3.05, 3.63) is 40.1 Å². The molecule has 1 aromatic heterocycles. The number of thiazole rings is 1. The lowest BCUT2D eigenvalue weighted by atomic mass is 10.3. The fourth-order valence-electron chi connectivity index (χ4n) is 1.60. The second-order valence-corrected chi connectivity index (χ2v) is 7.32. The summed E-state index contributed by atoms with van der Waals surface area (Å²) in [6.45, 7) is 3.57. The first-order chi connectivity index (χ1) is 9.29. The Balaban J connectivity index is 2.24. The van der Waals surface area contributed by atoms with Crippen LogP contribution in [0.3, 0.4) is 0 Å². The molecule has 0 aliphatic carbocycles. The van der Waals surface area contributed by atoms with Gasteiger partial charge in [0.15, 0.2) is 0 Å². The summed E-state index contributed by atoms with van der Waals surface area (Å²) in [7, 11) is -3.82. The number of nitrogens with two attached hydrogens (primary N) is 1. The Kier molecular flexibility index (Phi) is 4.07. The average Bonchev–Trinajstić information content (AvgIpc) is 2.79. The Bertz CT molecular complexity index is 728. The molecule has 0 spiro atoms. The standard InChI is InChI=1S/C12H14FN3O2S2/c1-7-6-15-12(19-7)8(2)16-20(17,18)9-3-4-11(14)10(13)5-9/h3-6,8,16H,14H2,1-2H3. The third-order valence-corrected chi connectivity index (χ3v) is 5.26. The molecule has 1 aromatic carbocycles. The Hall–Kier alpha value is -1.51. The molecule has 0 aliphatic rings. The number of hydrogen-bond acceptors (Lipinski definition) is 5. The molecule has 20 heavy (non-hydrogen) atoms. The second-order valence-electron chi connectivity index (χ2n) is 4.34. The van der Waals surface area contributed by atoms with Crippen molar-refractivity contribution in [3.8, 4) is 0 Å². The molecule has 0 amide bonds. The monoisotopic (exact) mass is 315 g/mol. The molecule has 3 N–H and O–H groups in total. The predicted molar refractivity (Wildman–Crippen MR) is 76.4 cm³/mol. The summed E-state index contributed by atoms with van der Waals surface area (Å²) in [6.07, 6.45) is 1.67. The lowest BCUT2D eigenvalue weighted by molar-refractivity contribution is 0.563. The van der Waals surface area contributed by atoms with Crippen molar-refractivity contribution in [1.82, 2.24) is 9.71 Å². The van der Waals surface area contributed by atoms with Crippen LogP contribution in [0.2, 0.25) is 0 Å². The number of rotatable bonds is 4. The molecule has 0 radical (unpaired) electrons. The van der Waals surface area contributed by atoms with E-state index in [1.807, 2.05) is 6.92 Å². The molecular formula is C12H14FN3O2S2. The van der Waals surface area contributed by atoms with E-state index in [0.29, 0.717) is 5.01 Å². The zero-order valence-corrected chi connectivity index (χ0v) is 12.6. The van der Waals surface area contributed by atoms with Gasteiger partial charge in [-0.1, -0.05) is 0 Å². The van der Waals surface area contributed by atoms with Gasteiger partial charge >= 0.3 is 0 Å². The lowest BCUT2D eigenvalue weighted by Crippen LogP contribution is -2.27. The van der Waals surface area contributed by atoms with Crippen LogP contribution in [0.1, 0.15) is 22.9 Å². The van der Waals surface area contributed by atoms with Gasteiger partial charge in [-0.2, -0.15) is 0 Å². The number of benzene rings is 1. The molecular weight excluding hydrogens is 301 g/mol. The molecule has 8 heteroatoms. The van der Waals surface area contributed by atoms with Crippen molar-refractivity contribution < 1.29 is 12.8 Å². The molecule has 5 nitrogen and oxygen atoms in total. The Morgan fingerprint density at radius 3 is 2.70 bits per heavy atom. The highest BCUT2D eigenvalue weighted by Crippen LogP contribution is 2.22. The minimum absolute atomic E-state index is 0.0902. The summed E-state index contributed by atoms with van der Waals surface area (Å²) in [6, 6.07) is 2.90.